The Balaban J connectivity index is 0.000000491. The standard InChI is InChI=1S/C14H17N5O3S.C13H19BN2O3.C8H12BrN3O2S.C7H10BrN3O2S.Na.H/c1-9(20)18-13-7-10(4-5-16-13)11-6-12(14(15)17-8-11)19(2)23(3,21)22;1-9(17)16-11-8-10(6-7-15-11)14-18-12(2,3)13(4,5)19-14;1-10-8-7(4-6(9)5-11-8)12(2)15(3,13)14;1-11(14(2,12)13)6-3-5(8)4-10-7(6)9;;/h4-8H,1-3H3,(H2,15,17)(H,16,18,20);6-8H,1-5H3,(H,15,16,17);4-5H,1-3H3,(H,10,11);3-4H,1-2H3,(H2,9,10);;/q;;;;+1;-1. The first-order valence-electron chi connectivity index (χ1n) is 20.7. The summed E-state index contributed by atoms with van der Waals surface area (Å²) in [6, 6.07) is 11.9. The van der Waals surface area contributed by atoms with Crippen LogP contribution >= 0.6 is 31.9 Å². The number of carbonyl (C=O) groups is 2. The van der Waals surface area contributed by atoms with Crippen molar-refractivity contribution in [1.82, 2.24) is 24.9 Å². The predicted octanol–water partition coefficient (Wildman–Crippen LogP) is 1.64. The van der Waals surface area contributed by atoms with Gasteiger partial charge in [0.25, 0.3) is 0 Å². The zero-order chi connectivity index (χ0) is 54.0. The van der Waals surface area contributed by atoms with E-state index in [-0.39, 0.29) is 71.3 Å². The van der Waals surface area contributed by atoms with Crippen molar-refractivity contribution in [2.45, 2.75) is 52.7 Å². The van der Waals surface area contributed by atoms with Gasteiger partial charge in [-0.05, 0) is 113 Å². The molecule has 0 saturated carbocycles. The van der Waals surface area contributed by atoms with Crippen LogP contribution < -0.4 is 75.4 Å². The summed E-state index contributed by atoms with van der Waals surface area (Å²) in [6.45, 7) is 10.8. The Bertz CT molecular complexity index is 3070. The molecule has 0 aliphatic carbocycles. The molecule has 388 valence electrons. The number of carbonyl (C=O) groups excluding carboxylic acids is 2. The minimum absolute atomic E-state index is 0. The molecule has 1 aliphatic rings. The molecule has 1 saturated heterocycles. The zero-order valence-electron chi connectivity index (χ0n) is 43.3. The van der Waals surface area contributed by atoms with Crippen molar-refractivity contribution in [2.24, 2.45) is 0 Å². The van der Waals surface area contributed by atoms with Crippen molar-refractivity contribution in [3.05, 3.63) is 82.4 Å². The van der Waals surface area contributed by atoms with Crippen LogP contribution in [-0.4, -0.2) is 127 Å². The van der Waals surface area contributed by atoms with Gasteiger partial charge in [0.15, 0.2) is 0 Å². The van der Waals surface area contributed by atoms with Gasteiger partial charge < -0.3 is 38.2 Å². The molecule has 5 aromatic rings. The van der Waals surface area contributed by atoms with Crippen molar-refractivity contribution in [3.63, 3.8) is 0 Å². The average molecular weight is 1200 g/mol. The van der Waals surface area contributed by atoms with Gasteiger partial charge in [-0.1, -0.05) is 0 Å². The fraction of sp³-hybridized carbons (Fsp3) is 0.357. The predicted molar refractivity (Wildman–Crippen MR) is 289 cm³/mol. The number of rotatable bonds is 11. The van der Waals surface area contributed by atoms with Crippen LogP contribution in [0.5, 0.6) is 0 Å². The maximum Gasteiger partial charge on any atom is 1.00 e. The summed E-state index contributed by atoms with van der Waals surface area (Å²) in [5, 5.41) is 8.07. The SMILES string of the molecule is CC(=O)Nc1cc(-c2cnc(N)c(N(C)S(C)(=O)=O)c2)ccn1.CC(=O)Nc1cc(B2OC(C)(C)C(C)(C)O2)ccn1.CN(c1cc(Br)cnc1N)S(C)(=O)=O.CNc1ncc(Br)cc1N(C)S(C)(=O)=O.[H-].[Na+]. The van der Waals surface area contributed by atoms with E-state index in [9.17, 15) is 34.8 Å². The molecule has 0 aromatic carbocycles. The molecule has 30 heteroatoms. The number of sulfonamides is 3. The maximum absolute atomic E-state index is 11.7. The van der Waals surface area contributed by atoms with Crippen LogP contribution in [0.25, 0.3) is 11.1 Å². The van der Waals surface area contributed by atoms with E-state index >= 15 is 0 Å². The monoisotopic (exact) mass is 1190 g/mol. The first kappa shape index (κ1) is 63.4. The summed E-state index contributed by atoms with van der Waals surface area (Å²) in [5.74, 6) is 1.32. The van der Waals surface area contributed by atoms with Gasteiger partial charge in [-0.15, -0.1) is 0 Å². The van der Waals surface area contributed by atoms with Crippen molar-refractivity contribution >= 4 is 132 Å². The Morgan fingerprint density at radius 2 is 1.03 bits per heavy atom. The van der Waals surface area contributed by atoms with E-state index in [1.165, 1.54) is 57.9 Å². The van der Waals surface area contributed by atoms with E-state index in [1.807, 2.05) is 33.8 Å². The second-order valence-electron chi connectivity index (χ2n) is 16.5. The van der Waals surface area contributed by atoms with Crippen molar-refractivity contribution in [2.75, 3.05) is 87.3 Å². The first-order chi connectivity index (χ1) is 32.6. The number of anilines is 8. The summed E-state index contributed by atoms with van der Waals surface area (Å²) in [4.78, 5) is 42.2. The summed E-state index contributed by atoms with van der Waals surface area (Å²) >= 11 is 6.44. The Morgan fingerprint density at radius 3 is 1.49 bits per heavy atom. The second-order valence-corrected chi connectivity index (χ2v) is 24.4. The number of nitrogens with one attached hydrogen (secondary N) is 3. The molecular formula is C42H59BBr2N13NaO10S3. The molecule has 0 atom stereocenters. The average Bonchev–Trinajstić information content (AvgIpc) is 3.48. The molecule has 23 nitrogen and oxygen atoms in total. The topological polar surface area (TPSA) is 317 Å². The fourth-order valence-electron chi connectivity index (χ4n) is 5.64. The zero-order valence-corrected chi connectivity index (χ0v) is 49.9. The number of nitrogens with two attached hydrogens (primary N) is 2. The van der Waals surface area contributed by atoms with E-state index in [4.69, 9.17) is 20.8 Å². The molecule has 72 heavy (non-hydrogen) atoms. The third-order valence-electron chi connectivity index (χ3n) is 10.4. The molecule has 6 heterocycles. The first-order valence-corrected chi connectivity index (χ1v) is 27.9. The molecule has 1 fully saturated rings. The number of pyridine rings is 5. The second kappa shape index (κ2) is 26.0. The molecule has 1 aliphatic heterocycles. The molecule has 0 spiro atoms. The van der Waals surface area contributed by atoms with Gasteiger partial charge in [-0.2, -0.15) is 0 Å². The number of aromatic nitrogens is 5. The van der Waals surface area contributed by atoms with Gasteiger partial charge in [0.2, 0.25) is 41.9 Å². The van der Waals surface area contributed by atoms with Gasteiger partial charge in [0.1, 0.15) is 29.1 Å². The number of hydrogen-bond donors (Lipinski definition) is 5. The van der Waals surface area contributed by atoms with Crippen LogP contribution in [0, 0.1) is 0 Å². The summed E-state index contributed by atoms with van der Waals surface area (Å²) < 4.78 is 85.2. The molecule has 0 bridgehead atoms. The Kier molecular flexibility index (Phi) is 22.9. The summed E-state index contributed by atoms with van der Waals surface area (Å²) in [7, 11) is -4.47. The van der Waals surface area contributed by atoms with E-state index in [0.717, 1.165) is 42.9 Å². The number of amides is 2. The number of nitrogen functional groups attached to an aromatic ring is 2. The normalized spacial score (nSPS) is 13.5. The molecule has 2 amide bonds. The summed E-state index contributed by atoms with van der Waals surface area (Å²) in [6.07, 6.45) is 11.1. The van der Waals surface area contributed by atoms with E-state index in [1.54, 1.807) is 55.8 Å². The third kappa shape index (κ3) is 18.3. The molecular weight excluding hydrogens is 1140 g/mol. The van der Waals surface area contributed by atoms with Crippen LogP contribution in [0.2, 0.25) is 0 Å². The Hall–Kier alpha value is -4.72. The van der Waals surface area contributed by atoms with Gasteiger partial charge in [0.05, 0.1) is 47.0 Å². The van der Waals surface area contributed by atoms with Gasteiger partial charge in [0, 0.05) is 87.5 Å². The van der Waals surface area contributed by atoms with Crippen molar-refractivity contribution in [3.8, 4) is 11.1 Å². The van der Waals surface area contributed by atoms with Crippen molar-refractivity contribution < 1.29 is 75.1 Å². The van der Waals surface area contributed by atoms with E-state index < -0.39 is 37.2 Å². The number of nitrogens with zero attached hydrogens (tertiary/aromatic N) is 8. The van der Waals surface area contributed by atoms with Gasteiger partial charge >= 0.3 is 36.7 Å². The molecule has 7 N–H and O–H groups in total. The van der Waals surface area contributed by atoms with E-state index in [0.29, 0.717) is 38.9 Å². The minimum atomic E-state index is -3.46. The fourth-order valence-corrected chi connectivity index (χ4v) is 7.78. The maximum atomic E-state index is 11.7. The largest absolute Gasteiger partial charge is 1.00 e. The number of halogens is 2. The molecule has 0 radical (unpaired) electrons. The molecule has 6 rings (SSSR count). The van der Waals surface area contributed by atoms with Crippen LogP contribution in [0.1, 0.15) is 43.0 Å². The van der Waals surface area contributed by atoms with Gasteiger partial charge in [-0.25, -0.2) is 50.2 Å². The molecule has 0 unspecified atom stereocenters. The Labute approximate surface area is 462 Å². The smallest absolute Gasteiger partial charge is 1.00 e. The quantitative estimate of drug-likeness (QED) is 0.117. The third-order valence-corrected chi connectivity index (χ3v) is 14.8. The summed E-state index contributed by atoms with van der Waals surface area (Å²) in [5.41, 5.74) is 13.9. The minimum Gasteiger partial charge on any atom is -1.00 e. The Morgan fingerprint density at radius 1 is 0.625 bits per heavy atom. The van der Waals surface area contributed by atoms with Gasteiger partial charge in [-0.3, -0.25) is 22.5 Å². The van der Waals surface area contributed by atoms with Crippen LogP contribution in [0.4, 0.5) is 46.2 Å². The number of hydrogen-bond acceptors (Lipinski definition) is 18. The molecule has 5 aromatic heterocycles. The van der Waals surface area contributed by atoms with E-state index in [2.05, 4.69) is 72.7 Å². The van der Waals surface area contributed by atoms with Crippen molar-refractivity contribution in [1.29, 1.82) is 0 Å². The van der Waals surface area contributed by atoms with Crippen LogP contribution in [-0.2, 0) is 49.0 Å². The van der Waals surface area contributed by atoms with Crippen LogP contribution in [0.15, 0.2) is 82.4 Å². The van der Waals surface area contributed by atoms with Crippen LogP contribution in [0.3, 0.4) is 0 Å².